The molecule has 2 aromatic heterocycles. The molecule has 0 aliphatic carbocycles. The molecule has 3 aromatic rings. The molecule has 1 amide bonds. The fraction of sp³-hybridized carbons (Fsp3) is 0.211. The van der Waals surface area contributed by atoms with Crippen molar-refractivity contribution in [2.45, 2.75) is 19.9 Å². The Balaban J connectivity index is 1.76. The van der Waals surface area contributed by atoms with Crippen molar-refractivity contribution in [2.75, 3.05) is 6.61 Å². The lowest BCUT2D eigenvalue weighted by molar-refractivity contribution is 0.0952. The van der Waals surface area contributed by atoms with Crippen LogP contribution in [-0.4, -0.2) is 22.5 Å². The molecule has 0 saturated heterocycles. The lowest BCUT2D eigenvalue weighted by Crippen LogP contribution is -2.23. The van der Waals surface area contributed by atoms with Gasteiger partial charge in [0, 0.05) is 35.5 Å². The number of nitrogens with zero attached hydrogens (tertiary/aromatic N) is 2. The maximum Gasteiger partial charge on any atom is 0.252 e. The maximum absolute atomic E-state index is 12.6. The number of carbonyl (C=O) groups is 1. The molecule has 1 N–H and O–H groups in total. The topological polar surface area (TPSA) is 64.1 Å². The summed E-state index contributed by atoms with van der Waals surface area (Å²) in [6.07, 6.45) is 4.31. The SMILES string of the molecule is CCCOc1ncccc1CNC(=O)c1cccc2ncccc12. The number of pyridine rings is 2. The minimum Gasteiger partial charge on any atom is -0.477 e. The number of hydrogen-bond donors (Lipinski definition) is 1. The minimum absolute atomic E-state index is 0.140. The van der Waals surface area contributed by atoms with E-state index in [1.165, 1.54) is 0 Å². The number of benzene rings is 1. The second kappa shape index (κ2) is 7.55. The molecule has 5 heteroatoms. The van der Waals surface area contributed by atoms with Crippen molar-refractivity contribution in [1.82, 2.24) is 15.3 Å². The first kappa shape index (κ1) is 15.9. The molecule has 0 aliphatic rings. The van der Waals surface area contributed by atoms with Crippen LogP contribution in [0.15, 0.2) is 54.9 Å². The van der Waals surface area contributed by atoms with Crippen LogP contribution in [-0.2, 0) is 6.54 Å². The van der Waals surface area contributed by atoms with Crippen LogP contribution in [0.3, 0.4) is 0 Å². The molecule has 0 radical (unpaired) electrons. The Hall–Kier alpha value is -2.95. The van der Waals surface area contributed by atoms with Gasteiger partial charge < -0.3 is 10.1 Å². The fourth-order valence-corrected chi connectivity index (χ4v) is 2.46. The monoisotopic (exact) mass is 321 g/mol. The molecule has 2 heterocycles. The van der Waals surface area contributed by atoms with Gasteiger partial charge >= 0.3 is 0 Å². The molecule has 0 bridgehead atoms. The standard InChI is InChI=1S/C19H19N3O2/c1-2-12-24-19-14(6-4-11-21-19)13-22-18(23)16-7-3-9-17-15(16)8-5-10-20-17/h3-11H,2,12-13H2,1H3,(H,22,23). The van der Waals surface area contributed by atoms with Crippen molar-refractivity contribution in [3.63, 3.8) is 0 Å². The highest BCUT2D eigenvalue weighted by molar-refractivity contribution is 6.06. The highest BCUT2D eigenvalue weighted by Crippen LogP contribution is 2.18. The predicted molar refractivity (Wildman–Crippen MR) is 92.9 cm³/mol. The Bertz CT molecular complexity index is 843. The van der Waals surface area contributed by atoms with E-state index in [0.29, 0.717) is 24.6 Å². The zero-order valence-corrected chi connectivity index (χ0v) is 13.5. The third-order valence-electron chi connectivity index (χ3n) is 3.62. The van der Waals surface area contributed by atoms with Crippen LogP contribution in [0.1, 0.15) is 29.3 Å². The van der Waals surface area contributed by atoms with Crippen LogP contribution in [0, 0.1) is 0 Å². The van der Waals surface area contributed by atoms with E-state index >= 15 is 0 Å². The van der Waals surface area contributed by atoms with E-state index in [1.807, 2.05) is 43.3 Å². The second-order valence-corrected chi connectivity index (χ2v) is 5.37. The normalized spacial score (nSPS) is 10.5. The first-order valence-corrected chi connectivity index (χ1v) is 7.98. The molecule has 24 heavy (non-hydrogen) atoms. The Kier molecular flexibility index (Phi) is 5.01. The molecular weight excluding hydrogens is 302 g/mol. The van der Waals surface area contributed by atoms with E-state index in [9.17, 15) is 4.79 Å². The van der Waals surface area contributed by atoms with Gasteiger partial charge in [-0.2, -0.15) is 0 Å². The molecule has 0 aliphatic heterocycles. The third-order valence-corrected chi connectivity index (χ3v) is 3.62. The molecule has 1 aromatic carbocycles. The van der Waals surface area contributed by atoms with Gasteiger partial charge in [0.15, 0.2) is 0 Å². The van der Waals surface area contributed by atoms with E-state index in [4.69, 9.17) is 4.74 Å². The summed E-state index contributed by atoms with van der Waals surface area (Å²) in [7, 11) is 0. The van der Waals surface area contributed by atoms with Crippen LogP contribution in [0.4, 0.5) is 0 Å². The summed E-state index contributed by atoms with van der Waals surface area (Å²) in [6, 6.07) is 13.0. The molecule has 0 atom stereocenters. The first-order chi connectivity index (χ1) is 11.8. The van der Waals surface area contributed by atoms with Crippen molar-refractivity contribution in [1.29, 1.82) is 0 Å². The first-order valence-electron chi connectivity index (χ1n) is 7.98. The van der Waals surface area contributed by atoms with Crippen LogP contribution >= 0.6 is 0 Å². The van der Waals surface area contributed by atoms with Crippen LogP contribution in [0.2, 0.25) is 0 Å². The number of hydrogen-bond acceptors (Lipinski definition) is 4. The average Bonchev–Trinajstić information content (AvgIpc) is 2.64. The van der Waals surface area contributed by atoms with Gasteiger partial charge in [-0.3, -0.25) is 9.78 Å². The van der Waals surface area contributed by atoms with Crippen LogP contribution < -0.4 is 10.1 Å². The summed E-state index contributed by atoms with van der Waals surface area (Å²) in [5.74, 6) is 0.429. The van der Waals surface area contributed by atoms with E-state index in [0.717, 1.165) is 22.9 Å². The van der Waals surface area contributed by atoms with Gasteiger partial charge in [0.2, 0.25) is 5.88 Å². The third kappa shape index (κ3) is 3.51. The molecule has 0 spiro atoms. The fourth-order valence-electron chi connectivity index (χ4n) is 2.46. The molecule has 5 nitrogen and oxygen atoms in total. The van der Waals surface area contributed by atoms with Gasteiger partial charge in [-0.25, -0.2) is 4.98 Å². The quantitative estimate of drug-likeness (QED) is 0.756. The number of nitrogens with one attached hydrogen (secondary N) is 1. The van der Waals surface area contributed by atoms with Crippen molar-refractivity contribution in [3.05, 3.63) is 66.0 Å². The highest BCUT2D eigenvalue weighted by Gasteiger charge is 2.11. The largest absolute Gasteiger partial charge is 0.477 e. The lowest BCUT2D eigenvalue weighted by atomic mass is 10.1. The van der Waals surface area contributed by atoms with E-state index in [1.54, 1.807) is 18.5 Å². The maximum atomic E-state index is 12.6. The summed E-state index contributed by atoms with van der Waals surface area (Å²) < 4.78 is 5.62. The Morgan fingerprint density at radius 3 is 2.79 bits per heavy atom. The summed E-state index contributed by atoms with van der Waals surface area (Å²) in [5.41, 5.74) is 2.27. The average molecular weight is 321 g/mol. The zero-order valence-electron chi connectivity index (χ0n) is 13.5. The molecule has 0 unspecified atom stereocenters. The smallest absolute Gasteiger partial charge is 0.252 e. The van der Waals surface area contributed by atoms with Gasteiger partial charge in [0.05, 0.1) is 12.1 Å². The van der Waals surface area contributed by atoms with E-state index < -0.39 is 0 Å². The molecule has 122 valence electrons. The highest BCUT2D eigenvalue weighted by atomic mass is 16.5. The number of carbonyl (C=O) groups excluding carboxylic acids is 1. The Morgan fingerprint density at radius 2 is 1.92 bits per heavy atom. The van der Waals surface area contributed by atoms with Gasteiger partial charge in [-0.05, 0) is 30.7 Å². The van der Waals surface area contributed by atoms with Gasteiger partial charge in [-0.1, -0.05) is 25.1 Å². The number of ether oxygens (including phenoxy) is 1. The van der Waals surface area contributed by atoms with E-state index in [2.05, 4.69) is 15.3 Å². The summed E-state index contributed by atoms with van der Waals surface area (Å²) >= 11 is 0. The lowest BCUT2D eigenvalue weighted by Gasteiger charge is -2.11. The Morgan fingerprint density at radius 1 is 1.08 bits per heavy atom. The molecule has 0 saturated carbocycles. The van der Waals surface area contributed by atoms with Gasteiger partial charge in [0.1, 0.15) is 0 Å². The number of rotatable bonds is 6. The second-order valence-electron chi connectivity index (χ2n) is 5.37. The molecular formula is C19H19N3O2. The summed E-state index contributed by atoms with van der Waals surface area (Å²) in [5, 5.41) is 3.78. The molecule has 3 rings (SSSR count). The van der Waals surface area contributed by atoms with Crippen LogP contribution in [0.5, 0.6) is 5.88 Å². The predicted octanol–water partition coefficient (Wildman–Crippen LogP) is 3.35. The minimum atomic E-state index is -0.140. The van der Waals surface area contributed by atoms with Crippen molar-refractivity contribution in [2.24, 2.45) is 0 Å². The van der Waals surface area contributed by atoms with Crippen molar-refractivity contribution < 1.29 is 9.53 Å². The van der Waals surface area contributed by atoms with Gasteiger partial charge in [-0.15, -0.1) is 0 Å². The Labute approximate surface area is 140 Å². The summed E-state index contributed by atoms with van der Waals surface area (Å²) in [4.78, 5) is 21.1. The van der Waals surface area contributed by atoms with Crippen molar-refractivity contribution in [3.8, 4) is 5.88 Å². The van der Waals surface area contributed by atoms with Crippen molar-refractivity contribution >= 4 is 16.8 Å². The number of amides is 1. The van der Waals surface area contributed by atoms with Gasteiger partial charge in [0.25, 0.3) is 5.91 Å². The number of fused-ring (bicyclic) bond motifs is 1. The van der Waals surface area contributed by atoms with Crippen LogP contribution in [0.25, 0.3) is 10.9 Å². The number of aromatic nitrogens is 2. The zero-order chi connectivity index (χ0) is 16.8. The summed E-state index contributed by atoms with van der Waals surface area (Å²) in [6.45, 7) is 3.01. The molecule has 0 fully saturated rings. The van der Waals surface area contributed by atoms with E-state index in [-0.39, 0.29) is 5.91 Å².